The maximum atomic E-state index is 13.0. The van der Waals surface area contributed by atoms with Gasteiger partial charge in [0.2, 0.25) is 5.82 Å². The van der Waals surface area contributed by atoms with Crippen molar-refractivity contribution in [2.24, 2.45) is 0 Å². The van der Waals surface area contributed by atoms with Gasteiger partial charge in [-0.05, 0) is 36.4 Å². The molecule has 0 unspecified atom stereocenters. The molecule has 0 N–H and O–H groups in total. The third-order valence-corrected chi connectivity index (χ3v) is 6.43. The number of alkyl halides is 3. The van der Waals surface area contributed by atoms with Gasteiger partial charge in [0.15, 0.2) is 0 Å². The largest absolute Gasteiger partial charge is 0.497 e. The summed E-state index contributed by atoms with van der Waals surface area (Å²) in [6, 6.07) is 12.6. The number of ether oxygens (including phenoxy) is 1. The highest BCUT2D eigenvalue weighted by atomic mass is 32.2. The van der Waals surface area contributed by atoms with Crippen LogP contribution in [-0.2, 0) is 16.2 Å². The lowest BCUT2D eigenvalue weighted by atomic mass is 10.2. The summed E-state index contributed by atoms with van der Waals surface area (Å²) in [7, 11) is -1.02. The molecule has 0 aliphatic carbocycles. The lowest BCUT2D eigenvalue weighted by Crippen LogP contribution is -2.26. The summed E-state index contributed by atoms with van der Waals surface area (Å²) in [5.41, 5.74) is 1.17. The molecule has 0 saturated carbocycles. The topological polar surface area (TPSA) is 103 Å². The molecule has 9 nitrogen and oxygen atoms in total. The molecule has 172 valence electrons. The maximum Gasteiger partial charge on any atom is 0.471 e. The van der Waals surface area contributed by atoms with Gasteiger partial charge < -0.3 is 9.26 Å². The number of anilines is 1. The van der Waals surface area contributed by atoms with E-state index in [0.29, 0.717) is 17.1 Å². The van der Waals surface area contributed by atoms with Crippen LogP contribution in [0.25, 0.3) is 17.1 Å². The summed E-state index contributed by atoms with van der Waals surface area (Å²) < 4.78 is 75.7. The number of methoxy groups -OCH3 is 1. The van der Waals surface area contributed by atoms with Gasteiger partial charge >= 0.3 is 12.1 Å². The zero-order valence-corrected chi connectivity index (χ0v) is 18.0. The minimum atomic E-state index is -4.74. The average molecular weight is 479 g/mol. The molecular formula is C20H16F3N5O4S. The number of nitrogens with zero attached hydrogens (tertiary/aromatic N) is 5. The first-order valence-corrected chi connectivity index (χ1v) is 10.7. The summed E-state index contributed by atoms with van der Waals surface area (Å²) in [5.74, 6) is -1.16. The predicted octanol–water partition coefficient (Wildman–Crippen LogP) is 3.77. The third kappa shape index (κ3) is 4.39. The Labute approximate surface area is 186 Å². The summed E-state index contributed by atoms with van der Waals surface area (Å²) in [6.07, 6.45) is -2.20. The van der Waals surface area contributed by atoms with Gasteiger partial charge in [0.05, 0.1) is 30.9 Å². The van der Waals surface area contributed by atoms with Crippen LogP contribution in [0.1, 0.15) is 5.89 Å². The molecule has 2 aromatic heterocycles. The number of benzene rings is 2. The van der Waals surface area contributed by atoms with Crippen LogP contribution in [0, 0.1) is 0 Å². The molecule has 33 heavy (non-hydrogen) atoms. The van der Waals surface area contributed by atoms with Crippen molar-refractivity contribution in [2.75, 3.05) is 18.5 Å². The minimum absolute atomic E-state index is 0.0510. The number of hydrogen-bond donors (Lipinski definition) is 0. The Balaban J connectivity index is 1.57. The Hall–Kier alpha value is -3.87. The fourth-order valence-corrected chi connectivity index (χ4v) is 4.02. The van der Waals surface area contributed by atoms with Crippen LogP contribution >= 0.6 is 0 Å². The predicted molar refractivity (Wildman–Crippen MR) is 110 cm³/mol. The molecule has 0 spiro atoms. The van der Waals surface area contributed by atoms with Crippen molar-refractivity contribution < 1.29 is 30.8 Å². The van der Waals surface area contributed by atoms with Crippen molar-refractivity contribution in [2.45, 2.75) is 11.1 Å². The highest BCUT2D eigenvalue weighted by molar-refractivity contribution is 7.92. The molecule has 2 heterocycles. The molecule has 13 heteroatoms. The second-order valence-electron chi connectivity index (χ2n) is 6.76. The first kappa shape index (κ1) is 22.3. The Morgan fingerprint density at radius 1 is 1.12 bits per heavy atom. The van der Waals surface area contributed by atoms with Gasteiger partial charge in [-0.1, -0.05) is 11.2 Å². The van der Waals surface area contributed by atoms with Crippen molar-refractivity contribution in [3.8, 4) is 22.8 Å². The van der Waals surface area contributed by atoms with E-state index in [-0.39, 0.29) is 16.3 Å². The van der Waals surface area contributed by atoms with E-state index in [1.165, 1.54) is 55.5 Å². The molecular weight excluding hydrogens is 463 g/mol. The first-order chi connectivity index (χ1) is 15.6. The number of sulfonamides is 1. The fraction of sp³-hybridized carbons (Fsp3) is 0.150. The van der Waals surface area contributed by atoms with Gasteiger partial charge in [-0.2, -0.15) is 23.3 Å². The van der Waals surface area contributed by atoms with Crippen molar-refractivity contribution in [1.29, 1.82) is 0 Å². The molecule has 0 atom stereocenters. The molecule has 4 aromatic rings. The van der Waals surface area contributed by atoms with Crippen LogP contribution in [0.5, 0.6) is 5.75 Å². The summed E-state index contributed by atoms with van der Waals surface area (Å²) in [6.45, 7) is 0. The van der Waals surface area contributed by atoms with Crippen molar-refractivity contribution in [3.05, 3.63) is 66.8 Å². The second kappa shape index (κ2) is 8.24. The normalized spacial score (nSPS) is 12.0. The highest BCUT2D eigenvalue weighted by Crippen LogP contribution is 2.30. The van der Waals surface area contributed by atoms with E-state index in [2.05, 4.69) is 19.8 Å². The van der Waals surface area contributed by atoms with E-state index >= 15 is 0 Å². The van der Waals surface area contributed by atoms with Crippen LogP contribution < -0.4 is 9.04 Å². The van der Waals surface area contributed by atoms with Gasteiger partial charge in [0, 0.05) is 18.7 Å². The fourth-order valence-electron chi connectivity index (χ4n) is 2.90. The SMILES string of the molecule is COc1cccc(N(C)S(=O)(=O)c2cnn(-c3ccc(-c4noc(C(F)(F)F)n4)cc3)c2)c1. The first-order valence-electron chi connectivity index (χ1n) is 9.29. The molecule has 0 amide bonds. The lowest BCUT2D eigenvalue weighted by molar-refractivity contribution is -0.159. The monoisotopic (exact) mass is 479 g/mol. The zero-order valence-electron chi connectivity index (χ0n) is 17.2. The molecule has 0 fully saturated rings. The van der Waals surface area contributed by atoms with E-state index < -0.39 is 22.1 Å². The standard InChI is InChI=1S/C20H16F3N5O4S/c1-27(15-4-3-5-16(10-15)31-2)33(29,30)17-11-24-28(12-17)14-8-6-13(7-9-14)18-25-19(32-26-18)20(21,22)23/h3-12H,1-2H3. The molecule has 0 saturated heterocycles. The van der Waals surface area contributed by atoms with Crippen molar-refractivity contribution in [3.63, 3.8) is 0 Å². The Morgan fingerprint density at radius 3 is 2.48 bits per heavy atom. The molecule has 0 aliphatic rings. The van der Waals surface area contributed by atoms with Crippen molar-refractivity contribution in [1.82, 2.24) is 19.9 Å². The maximum absolute atomic E-state index is 13.0. The Morgan fingerprint density at radius 2 is 1.85 bits per heavy atom. The summed E-state index contributed by atoms with van der Waals surface area (Å²) in [5, 5.41) is 7.42. The van der Waals surface area contributed by atoms with Gasteiger partial charge in [-0.3, -0.25) is 4.31 Å². The summed E-state index contributed by atoms with van der Waals surface area (Å²) >= 11 is 0. The van der Waals surface area contributed by atoms with E-state index in [1.54, 1.807) is 24.3 Å². The van der Waals surface area contributed by atoms with Gasteiger partial charge in [0.25, 0.3) is 10.0 Å². The lowest BCUT2D eigenvalue weighted by Gasteiger charge is -2.18. The minimum Gasteiger partial charge on any atom is -0.497 e. The van der Waals surface area contributed by atoms with Gasteiger partial charge in [-0.15, -0.1) is 0 Å². The number of hydrogen-bond acceptors (Lipinski definition) is 7. The van der Waals surface area contributed by atoms with Crippen LogP contribution in [0.3, 0.4) is 0 Å². The molecule has 0 radical (unpaired) electrons. The Bertz CT molecular complexity index is 1380. The van der Waals surface area contributed by atoms with Crippen LogP contribution in [0.4, 0.5) is 18.9 Å². The molecule has 2 aromatic carbocycles. The molecule has 0 bridgehead atoms. The second-order valence-corrected chi connectivity index (χ2v) is 8.73. The summed E-state index contributed by atoms with van der Waals surface area (Å²) in [4.78, 5) is 3.28. The van der Waals surface area contributed by atoms with E-state index in [1.807, 2.05) is 0 Å². The van der Waals surface area contributed by atoms with E-state index in [9.17, 15) is 21.6 Å². The van der Waals surface area contributed by atoms with Gasteiger partial charge in [-0.25, -0.2) is 13.1 Å². The van der Waals surface area contributed by atoms with E-state index in [4.69, 9.17) is 4.74 Å². The molecule has 4 rings (SSSR count). The number of aromatic nitrogens is 4. The number of rotatable bonds is 6. The van der Waals surface area contributed by atoms with Crippen molar-refractivity contribution >= 4 is 15.7 Å². The molecule has 0 aliphatic heterocycles. The number of halogens is 3. The third-order valence-electron chi connectivity index (χ3n) is 4.69. The zero-order chi connectivity index (χ0) is 23.8. The van der Waals surface area contributed by atoms with Gasteiger partial charge in [0.1, 0.15) is 10.6 Å². The quantitative estimate of drug-likeness (QED) is 0.415. The highest BCUT2D eigenvalue weighted by Gasteiger charge is 2.38. The van der Waals surface area contributed by atoms with Crippen LogP contribution in [0.15, 0.2) is 70.3 Å². The smallest absolute Gasteiger partial charge is 0.471 e. The van der Waals surface area contributed by atoms with E-state index in [0.717, 1.165) is 4.31 Å². The van der Waals surface area contributed by atoms with Crippen LogP contribution in [0.2, 0.25) is 0 Å². The van der Waals surface area contributed by atoms with Crippen LogP contribution in [-0.4, -0.2) is 42.5 Å². The average Bonchev–Trinajstić information content (AvgIpc) is 3.49. The Kier molecular flexibility index (Phi) is 5.57.